The molecule has 2 aromatic rings. The van der Waals surface area contributed by atoms with Crippen molar-refractivity contribution in [3.63, 3.8) is 0 Å². The molecule has 0 amide bonds. The highest BCUT2D eigenvalue weighted by molar-refractivity contribution is 5.67. The second-order valence-corrected chi connectivity index (χ2v) is 3.64. The Morgan fingerprint density at radius 3 is 2.28 bits per heavy atom. The molecule has 0 N–H and O–H groups in total. The topological polar surface area (TPSA) is 12.9 Å². The number of rotatable bonds is 1. The van der Waals surface area contributed by atoms with Gasteiger partial charge in [0.25, 0.3) is 0 Å². The number of terminal acetylenes is 1. The number of hydrogen-bond acceptors (Lipinski definition) is 1. The highest BCUT2D eigenvalue weighted by atomic mass is 19.4. The molecule has 0 aliphatic rings. The summed E-state index contributed by atoms with van der Waals surface area (Å²) in [6, 6.07) is 7.28. The molecule has 0 aliphatic heterocycles. The molecule has 0 unspecified atom stereocenters. The van der Waals surface area contributed by atoms with Gasteiger partial charge in [-0.1, -0.05) is 18.1 Å². The molecule has 0 atom stereocenters. The Bertz CT molecular complexity index is 592. The van der Waals surface area contributed by atoms with Gasteiger partial charge in [-0.3, -0.25) is 4.98 Å². The lowest BCUT2D eigenvalue weighted by Gasteiger charge is -2.12. The summed E-state index contributed by atoms with van der Waals surface area (Å²) < 4.78 is 38.5. The van der Waals surface area contributed by atoms with E-state index in [1.165, 1.54) is 6.20 Å². The van der Waals surface area contributed by atoms with E-state index in [0.717, 1.165) is 12.3 Å². The van der Waals surface area contributed by atoms with Crippen LogP contribution in [0, 0.1) is 12.3 Å². The molecule has 0 radical (unpaired) electrons. The first-order chi connectivity index (χ1) is 8.52. The van der Waals surface area contributed by atoms with E-state index in [-0.39, 0.29) is 5.56 Å². The van der Waals surface area contributed by atoms with Crippen LogP contribution in [0.15, 0.2) is 42.7 Å². The van der Waals surface area contributed by atoms with Gasteiger partial charge in [0.2, 0.25) is 0 Å². The molecule has 18 heavy (non-hydrogen) atoms. The Kier molecular flexibility index (Phi) is 3.07. The van der Waals surface area contributed by atoms with Crippen LogP contribution in [0.2, 0.25) is 0 Å². The molecular formula is C14H8F3N. The molecule has 0 aliphatic carbocycles. The summed E-state index contributed by atoms with van der Waals surface area (Å²) in [6.07, 6.45) is 3.12. The van der Waals surface area contributed by atoms with Crippen LogP contribution in [0.5, 0.6) is 0 Å². The number of pyridine rings is 1. The van der Waals surface area contributed by atoms with E-state index >= 15 is 0 Å². The molecule has 2 rings (SSSR count). The van der Waals surface area contributed by atoms with E-state index in [9.17, 15) is 13.2 Å². The van der Waals surface area contributed by atoms with E-state index < -0.39 is 11.7 Å². The SMILES string of the molecule is C#Cc1ccc(-c2cnccc2C(F)(F)F)cc1. The molecule has 0 bridgehead atoms. The van der Waals surface area contributed by atoms with Crippen LogP contribution in [-0.4, -0.2) is 4.98 Å². The molecule has 90 valence electrons. The zero-order valence-corrected chi connectivity index (χ0v) is 9.20. The van der Waals surface area contributed by atoms with Crippen LogP contribution >= 0.6 is 0 Å². The zero-order chi connectivity index (χ0) is 13.2. The highest BCUT2D eigenvalue weighted by Crippen LogP contribution is 2.36. The first kappa shape index (κ1) is 12.2. The minimum atomic E-state index is -4.40. The fourth-order valence-corrected chi connectivity index (χ4v) is 1.62. The molecule has 1 aromatic carbocycles. The number of benzene rings is 1. The lowest BCUT2D eigenvalue weighted by atomic mass is 10.0. The molecule has 0 saturated heterocycles. The summed E-state index contributed by atoms with van der Waals surface area (Å²) in [4.78, 5) is 3.74. The van der Waals surface area contributed by atoms with Gasteiger partial charge in [0.05, 0.1) is 5.56 Å². The van der Waals surface area contributed by atoms with Crippen molar-refractivity contribution in [3.05, 3.63) is 53.9 Å². The van der Waals surface area contributed by atoms with Crippen LogP contribution in [-0.2, 0) is 6.18 Å². The van der Waals surface area contributed by atoms with Gasteiger partial charge in [-0.05, 0) is 23.8 Å². The van der Waals surface area contributed by atoms with E-state index in [1.54, 1.807) is 24.3 Å². The van der Waals surface area contributed by atoms with Crippen LogP contribution in [0.1, 0.15) is 11.1 Å². The second-order valence-electron chi connectivity index (χ2n) is 3.64. The molecule has 1 heterocycles. The number of alkyl halides is 3. The Morgan fingerprint density at radius 1 is 1.06 bits per heavy atom. The molecule has 0 saturated carbocycles. The maximum absolute atomic E-state index is 12.8. The van der Waals surface area contributed by atoms with Gasteiger partial charge in [-0.15, -0.1) is 6.42 Å². The number of halogens is 3. The minimum absolute atomic E-state index is 0.0496. The summed E-state index contributed by atoms with van der Waals surface area (Å²) in [5.41, 5.74) is 0.408. The van der Waals surface area contributed by atoms with Gasteiger partial charge in [0, 0.05) is 23.5 Å². The van der Waals surface area contributed by atoms with E-state index in [1.807, 2.05) is 0 Å². The van der Waals surface area contributed by atoms with Crippen molar-refractivity contribution >= 4 is 0 Å². The monoisotopic (exact) mass is 247 g/mol. The first-order valence-electron chi connectivity index (χ1n) is 5.10. The van der Waals surface area contributed by atoms with Gasteiger partial charge in [-0.2, -0.15) is 13.2 Å². The maximum atomic E-state index is 12.8. The fraction of sp³-hybridized carbons (Fsp3) is 0.0714. The quantitative estimate of drug-likeness (QED) is 0.699. The smallest absolute Gasteiger partial charge is 0.264 e. The third kappa shape index (κ3) is 2.35. The average molecular weight is 247 g/mol. The van der Waals surface area contributed by atoms with Crippen LogP contribution in [0.3, 0.4) is 0 Å². The standard InChI is InChI=1S/C14H8F3N/c1-2-10-3-5-11(6-4-10)12-9-18-8-7-13(12)14(15,16)17/h1,3-9H. The predicted molar refractivity (Wildman–Crippen MR) is 62.6 cm³/mol. The van der Waals surface area contributed by atoms with E-state index in [2.05, 4.69) is 10.9 Å². The van der Waals surface area contributed by atoms with Crippen molar-refractivity contribution in [2.75, 3.05) is 0 Å². The molecular weight excluding hydrogens is 239 g/mol. The van der Waals surface area contributed by atoms with Crippen LogP contribution < -0.4 is 0 Å². The number of aromatic nitrogens is 1. The molecule has 1 aromatic heterocycles. The number of hydrogen-bond donors (Lipinski definition) is 0. The Morgan fingerprint density at radius 2 is 1.72 bits per heavy atom. The van der Waals surface area contributed by atoms with Crippen molar-refractivity contribution < 1.29 is 13.2 Å². The second kappa shape index (κ2) is 4.53. The van der Waals surface area contributed by atoms with Crippen molar-refractivity contribution in [1.29, 1.82) is 0 Å². The minimum Gasteiger partial charge on any atom is -0.264 e. The zero-order valence-electron chi connectivity index (χ0n) is 9.20. The molecule has 0 spiro atoms. The highest BCUT2D eigenvalue weighted by Gasteiger charge is 2.33. The number of nitrogens with zero attached hydrogens (tertiary/aromatic N) is 1. The van der Waals surface area contributed by atoms with Crippen LogP contribution in [0.4, 0.5) is 13.2 Å². The Hall–Kier alpha value is -2.28. The lowest BCUT2D eigenvalue weighted by molar-refractivity contribution is -0.137. The summed E-state index contributed by atoms with van der Waals surface area (Å²) in [7, 11) is 0. The lowest BCUT2D eigenvalue weighted by Crippen LogP contribution is -2.07. The van der Waals surface area contributed by atoms with E-state index in [0.29, 0.717) is 11.1 Å². The van der Waals surface area contributed by atoms with Crippen molar-refractivity contribution in [1.82, 2.24) is 4.98 Å². The molecule has 0 fully saturated rings. The van der Waals surface area contributed by atoms with Gasteiger partial charge in [0.15, 0.2) is 0 Å². The van der Waals surface area contributed by atoms with E-state index in [4.69, 9.17) is 6.42 Å². The first-order valence-corrected chi connectivity index (χ1v) is 5.10. The summed E-state index contributed by atoms with van der Waals surface area (Å²) in [5, 5.41) is 0. The van der Waals surface area contributed by atoms with Gasteiger partial charge in [-0.25, -0.2) is 0 Å². The predicted octanol–water partition coefficient (Wildman–Crippen LogP) is 3.75. The fourth-order valence-electron chi connectivity index (χ4n) is 1.62. The van der Waals surface area contributed by atoms with Gasteiger partial charge >= 0.3 is 6.18 Å². The van der Waals surface area contributed by atoms with Gasteiger partial charge < -0.3 is 0 Å². The third-order valence-electron chi connectivity index (χ3n) is 2.49. The maximum Gasteiger partial charge on any atom is 0.417 e. The van der Waals surface area contributed by atoms with Crippen LogP contribution in [0.25, 0.3) is 11.1 Å². The van der Waals surface area contributed by atoms with Crippen molar-refractivity contribution in [2.24, 2.45) is 0 Å². The normalized spacial score (nSPS) is 11.0. The van der Waals surface area contributed by atoms with Crippen molar-refractivity contribution in [3.8, 4) is 23.5 Å². The Labute approximate surface area is 102 Å². The largest absolute Gasteiger partial charge is 0.417 e. The van der Waals surface area contributed by atoms with Gasteiger partial charge in [0.1, 0.15) is 0 Å². The molecule has 1 nitrogen and oxygen atoms in total. The van der Waals surface area contributed by atoms with Crippen molar-refractivity contribution in [2.45, 2.75) is 6.18 Å². The average Bonchev–Trinajstić information content (AvgIpc) is 2.38. The molecule has 4 heteroatoms. The summed E-state index contributed by atoms with van der Waals surface area (Å²) in [6.45, 7) is 0. The third-order valence-corrected chi connectivity index (χ3v) is 2.49. The summed E-state index contributed by atoms with van der Waals surface area (Å²) in [5.74, 6) is 2.41. The summed E-state index contributed by atoms with van der Waals surface area (Å²) >= 11 is 0. The Balaban J connectivity index is 2.54.